The second-order valence-electron chi connectivity index (χ2n) is 3.64. The van der Waals surface area contributed by atoms with E-state index in [-0.39, 0.29) is 5.78 Å². The molecule has 0 aliphatic heterocycles. The Balaban J connectivity index is 2.43. The van der Waals surface area contributed by atoms with E-state index in [0.29, 0.717) is 16.1 Å². The van der Waals surface area contributed by atoms with E-state index in [2.05, 4.69) is 5.10 Å². The molecule has 0 spiro atoms. The molecule has 0 radical (unpaired) electrons. The van der Waals surface area contributed by atoms with Crippen LogP contribution in [0, 0.1) is 6.92 Å². The molecule has 0 aliphatic carbocycles. The molecule has 1 aromatic heterocycles. The molecule has 0 aliphatic rings. The van der Waals surface area contributed by atoms with Gasteiger partial charge < -0.3 is 0 Å². The summed E-state index contributed by atoms with van der Waals surface area (Å²) in [4.78, 5) is 12.1. The Morgan fingerprint density at radius 1 is 1.44 bits per heavy atom. The summed E-state index contributed by atoms with van der Waals surface area (Å²) >= 11 is 5.85. The molecule has 4 heteroatoms. The van der Waals surface area contributed by atoms with Gasteiger partial charge >= 0.3 is 0 Å². The molecule has 0 atom stereocenters. The molecule has 2 aromatic rings. The molecule has 1 aromatic carbocycles. The molecule has 0 bridgehead atoms. The molecule has 3 nitrogen and oxygen atoms in total. The largest absolute Gasteiger partial charge is 0.288 e. The van der Waals surface area contributed by atoms with Gasteiger partial charge in [0.15, 0.2) is 5.78 Å². The molecule has 0 fully saturated rings. The van der Waals surface area contributed by atoms with Gasteiger partial charge in [0.25, 0.3) is 0 Å². The lowest BCUT2D eigenvalue weighted by molar-refractivity contribution is 0.103. The maximum Gasteiger partial charge on any atom is 0.196 e. The van der Waals surface area contributed by atoms with Crippen LogP contribution in [0.2, 0.25) is 5.02 Å². The molecular weight excluding hydrogens is 224 g/mol. The first-order valence-electron chi connectivity index (χ1n) is 4.88. The Kier molecular flexibility index (Phi) is 2.79. The number of aromatic nitrogens is 2. The number of carbonyl (C=O) groups is 1. The van der Waals surface area contributed by atoms with Crippen LogP contribution in [-0.4, -0.2) is 15.6 Å². The van der Waals surface area contributed by atoms with Crippen molar-refractivity contribution in [1.82, 2.24) is 9.78 Å². The third kappa shape index (κ3) is 1.99. The van der Waals surface area contributed by atoms with Gasteiger partial charge in [0.1, 0.15) is 0 Å². The maximum atomic E-state index is 12.1. The first kappa shape index (κ1) is 10.9. The number of hydrogen-bond donors (Lipinski definition) is 0. The van der Waals surface area contributed by atoms with E-state index in [0.717, 1.165) is 5.69 Å². The summed E-state index contributed by atoms with van der Waals surface area (Å²) in [5, 5.41) is 4.71. The minimum absolute atomic E-state index is 0.0481. The van der Waals surface area contributed by atoms with Gasteiger partial charge in [0.2, 0.25) is 0 Å². The number of nitrogens with zero attached hydrogens (tertiary/aromatic N) is 2. The van der Waals surface area contributed by atoms with Crippen molar-refractivity contribution in [1.29, 1.82) is 0 Å². The fraction of sp³-hybridized carbons (Fsp3) is 0.167. The van der Waals surface area contributed by atoms with E-state index in [1.807, 2.05) is 6.92 Å². The minimum atomic E-state index is -0.0481. The topological polar surface area (TPSA) is 34.9 Å². The van der Waals surface area contributed by atoms with E-state index in [9.17, 15) is 4.79 Å². The summed E-state index contributed by atoms with van der Waals surface area (Å²) in [7, 11) is 1.79. The Morgan fingerprint density at radius 3 is 2.75 bits per heavy atom. The lowest BCUT2D eigenvalue weighted by Gasteiger charge is -1.99. The van der Waals surface area contributed by atoms with Gasteiger partial charge in [0, 0.05) is 23.8 Å². The molecule has 0 N–H and O–H groups in total. The number of aryl methyl sites for hydroxylation is 2. The summed E-state index contributed by atoms with van der Waals surface area (Å²) in [6.07, 6.45) is 1.72. The highest BCUT2D eigenvalue weighted by Gasteiger charge is 2.14. The quantitative estimate of drug-likeness (QED) is 0.749. The van der Waals surface area contributed by atoms with Crippen molar-refractivity contribution in [2.45, 2.75) is 6.92 Å². The summed E-state index contributed by atoms with van der Waals surface area (Å²) in [6, 6.07) is 6.92. The van der Waals surface area contributed by atoms with E-state index in [4.69, 9.17) is 11.6 Å². The predicted octanol–water partition coefficient (Wildman–Crippen LogP) is 2.61. The van der Waals surface area contributed by atoms with Crippen LogP contribution in [-0.2, 0) is 7.05 Å². The fourth-order valence-corrected chi connectivity index (χ4v) is 1.80. The SMILES string of the molecule is Cc1nn(C)cc1C(=O)c1cccc(Cl)c1. The Bertz CT molecular complexity index is 546. The summed E-state index contributed by atoms with van der Waals surface area (Å²) < 4.78 is 1.63. The van der Waals surface area contributed by atoms with Crippen molar-refractivity contribution >= 4 is 17.4 Å². The van der Waals surface area contributed by atoms with Gasteiger partial charge in [-0.25, -0.2) is 0 Å². The van der Waals surface area contributed by atoms with Crippen molar-refractivity contribution < 1.29 is 4.79 Å². The zero-order valence-corrected chi connectivity index (χ0v) is 9.82. The number of ketones is 1. The summed E-state index contributed by atoms with van der Waals surface area (Å²) in [5.41, 5.74) is 1.93. The first-order valence-corrected chi connectivity index (χ1v) is 5.26. The zero-order valence-electron chi connectivity index (χ0n) is 9.07. The highest BCUT2D eigenvalue weighted by atomic mass is 35.5. The summed E-state index contributed by atoms with van der Waals surface area (Å²) in [5.74, 6) is -0.0481. The smallest absolute Gasteiger partial charge is 0.196 e. The van der Waals surface area contributed by atoms with Gasteiger partial charge in [-0.2, -0.15) is 5.10 Å². The molecule has 82 valence electrons. The fourth-order valence-electron chi connectivity index (χ4n) is 1.61. The van der Waals surface area contributed by atoms with Crippen LogP contribution >= 0.6 is 11.6 Å². The van der Waals surface area contributed by atoms with Gasteiger partial charge in [-0.05, 0) is 19.1 Å². The van der Waals surface area contributed by atoms with Crippen LogP contribution in [0.1, 0.15) is 21.6 Å². The van der Waals surface area contributed by atoms with E-state index >= 15 is 0 Å². The lowest BCUT2D eigenvalue weighted by Crippen LogP contribution is -2.01. The van der Waals surface area contributed by atoms with Crippen molar-refractivity contribution in [2.24, 2.45) is 7.05 Å². The van der Waals surface area contributed by atoms with Crippen molar-refractivity contribution in [3.63, 3.8) is 0 Å². The van der Waals surface area contributed by atoms with Crippen molar-refractivity contribution in [2.75, 3.05) is 0 Å². The highest BCUT2D eigenvalue weighted by molar-refractivity contribution is 6.31. The molecule has 1 heterocycles. The predicted molar refractivity (Wildman–Crippen MR) is 62.8 cm³/mol. The lowest BCUT2D eigenvalue weighted by atomic mass is 10.0. The van der Waals surface area contributed by atoms with Crippen LogP contribution in [0.4, 0.5) is 0 Å². The number of rotatable bonds is 2. The Morgan fingerprint density at radius 2 is 2.19 bits per heavy atom. The van der Waals surface area contributed by atoms with E-state index in [1.54, 1.807) is 42.2 Å². The zero-order chi connectivity index (χ0) is 11.7. The summed E-state index contributed by atoms with van der Waals surface area (Å²) in [6.45, 7) is 1.82. The number of benzene rings is 1. The van der Waals surface area contributed by atoms with Crippen LogP contribution in [0.5, 0.6) is 0 Å². The molecular formula is C12H11ClN2O. The first-order chi connectivity index (χ1) is 7.58. The van der Waals surface area contributed by atoms with Crippen molar-refractivity contribution in [3.8, 4) is 0 Å². The second-order valence-corrected chi connectivity index (χ2v) is 4.08. The standard InChI is InChI=1S/C12H11ClN2O/c1-8-11(7-15(2)14-8)12(16)9-4-3-5-10(13)6-9/h3-7H,1-2H3. The molecule has 0 unspecified atom stereocenters. The average Bonchev–Trinajstić information content (AvgIpc) is 2.57. The molecule has 0 amide bonds. The third-order valence-electron chi connectivity index (χ3n) is 2.34. The Labute approximate surface area is 98.7 Å². The average molecular weight is 235 g/mol. The van der Waals surface area contributed by atoms with E-state index < -0.39 is 0 Å². The van der Waals surface area contributed by atoms with E-state index in [1.165, 1.54) is 0 Å². The Hall–Kier alpha value is -1.61. The molecule has 0 saturated heterocycles. The molecule has 0 saturated carbocycles. The number of hydrogen-bond acceptors (Lipinski definition) is 2. The third-order valence-corrected chi connectivity index (χ3v) is 2.58. The van der Waals surface area contributed by atoms with Gasteiger partial charge in [-0.1, -0.05) is 23.7 Å². The highest BCUT2D eigenvalue weighted by Crippen LogP contribution is 2.16. The van der Waals surface area contributed by atoms with Crippen LogP contribution in [0.25, 0.3) is 0 Å². The van der Waals surface area contributed by atoms with Gasteiger partial charge in [-0.3, -0.25) is 9.48 Å². The van der Waals surface area contributed by atoms with Gasteiger partial charge in [0.05, 0.1) is 11.3 Å². The normalized spacial score (nSPS) is 10.4. The maximum absolute atomic E-state index is 12.1. The molecule has 2 rings (SSSR count). The monoisotopic (exact) mass is 234 g/mol. The minimum Gasteiger partial charge on any atom is -0.288 e. The van der Waals surface area contributed by atoms with Crippen LogP contribution in [0.15, 0.2) is 30.5 Å². The van der Waals surface area contributed by atoms with Crippen molar-refractivity contribution in [3.05, 3.63) is 52.3 Å². The van der Waals surface area contributed by atoms with Crippen LogP contribution in [0.3, 0.4) is 0 Å². The van der Waals surface area contributed by atoms with Gasteiger partial charge in [-0.15, -0.1) is 0 Å². The van der Waals surface area contributed by atoms with Crippen LogP contribution < -0.4 is 0 Å². The second kappa shape index (κ2) is 4.10. The number of carbonyl (C=O) groups excluding carboxylic acids is 1. The molecule has 16 heavy (non-hydrogen) atoms. The number of halogens is 1.